The Balaban J connectivity index is 2.64. The molecule has 0 amide bonds. The summed E-state index contributed by atoms with van der Waals surface area (Å²) in [4.78, 5) is 4.22. The molecule has 0 fully saturated rings. The predicted octanol–water partition coefficient (Wildman–Crippen LogP) is 0.851. The second kappa shape index (κ2) is 3.67. The van der Waals surface area contributed by atoms with Crippen molar-refractivity contribution in [3.63, 3.8) is 0 Å². The van der Waals surface area contributed by atoms with Crippen LogP contribution in [0.15, 0.2) is 0 Å². The Bertz CT molecular complexity index is 242. The number of nitrogens with one attached hydrogen (secondary N) is 1. The molecule has 0 aliphatic carbocycles. The molecule has 1 rings (SSSR count). The summed E-state index contributed by atoms with van der Waals surface area (Å²) in [6, 6.07) is 0. The second-order valence-corrected chi connectivity index (χ2v) is 3.35. The minimum atomic E-state index is -0.363. The van der Waals surface area contributed by atoms with Crippen LogP contribution >= 0.6 is 0 Å². The van der Waals surface area contributed by atoms with Crippen LogP contribution < -0.4 is 0 Å². The Hall–Kier alpha value is -0.900. The zero-order valence-corrected chi connectivity index (χ0v) is 7.70. The first-order chi connectivity index (χ1) is 5.59. The molecule has 1 unspecified atom stereocenters. The maximum absolute atomic E-state index is 9.07. The first-order valence-corrected chi connectivity index (χ1v) is 4.19. The van der Waals surface area contributed by atoms with Crippen LogP contribution in [-0.4, -0.2) is 26.4 Å². The van der Waals surface area contributed by atoms with Gasteiger partial charge in [0.05, 0.1) is 6.10 Å². The van der Waals surface area contributed by atoms with Crippen LogP contribution in [-0.2, 0) is 6.42 Å². The largest absolute Gasteiger partial charge is 0.393 e. The molecule has 1 aromatic heterocycles. The van der Waals surface area contributed by atoms with Crippen molar-refractivity contribution >= 4 is 0 Å². The van der Waals surface area contributed by atoms with E-state index in [1.54, 1.807) is 6.92 Å². The summed E-state index contributed by atoms with van der Waals surface area (Å²) in [6.07, 6.45) is 0.178. The fraction of sp³-hybridized carbons (Fsp3) is 0.750. The van der Waals surface area contributed by atoms with E-state index < -0.39 is 0 Å². The van der Waals surface area contributed by atoms with E-state index in [4.69, 9.17) is 5.11 Å². The molecule has 1 atom stereocenters. The third kappa shape index (κ3) is 2.30. The number of aliphatic hydroxyl groups is 1. The number of rotatable bonds is 3. The summed E-state index contributed by atoms with van der Waals surface area (Å²) < 4.78 is 0. The maximum Gasteiger partial charge on any atom is 0.153 e. The molecule has 1 aromatic rings. The molecular weight excluding hydrogens is 154 g/mol. The van der Waals surface area contributed by atoms with E-state index in [9.17, 15) is 0 Å². The lowest BCUT2D eigenvalue weighted by Crippen LogP contribution is -2.05. The normalized spacial score (nSPS) is 13.8. The third-order valence-electron chi connectivity index (χ3n) is 1.55. The third-order valence-corrected chi connectivity index (χ3v) is 1.55. The molecule has 68 valence electrons. The van der Waals surface area contributed by atoms with E-state index in [0.29, 0.717) is 12.3 Å². The van der Waals surface area contributed by atoms with Crippen LogP contribution in [0.25, 0.3) is 0 Å². The molecule has 0 aliphatic rings. The van der Waals surface area contributed by atoms with E-state index in [1.165, 1.54) is 0 Å². The number of aliphatic hydroxyl groups excluding tert-OH is 1. The van der Waals surface area contributed by atoms with Crippen LogP contribution in [0.5, 0.6) is 0 Å². The van der Waals surface area contributed by atoms with Gasteiger partial charge in [-0.25, -0.2) is 4.98 Å². The summed E-state index contributed by atoms with van der Waals surface area (Å²) in [6.45, 7) is 5.81. The van der Waals surface area contributed by atoms with Gasteiger partial charge in [0, 0.05) is 12.3 Å². The van der Waals surface area contributed by atoms with Gasteiger partial charge in [0.1, 0.15) is 5.82 Å². The highest BCUT2D eigenvalue weighted by molar-refractivity contribution is 4.95. The molecule has 0 aromatic carbocycles. The number of H-pyrrole nitrogens is 1. The molecule has 1 heterocycles. The number of hydrogen-bond acceptors (Lipinski definition) is 3. The molecular formula is C8H15N3O. The van der Waals surface area contributed by atoms with Crippen molar-refractivity contribution in [1.29, 1.82) is 0 Å². The summed E-state index contributed by atoms with van der Waals surface area (Å²) in [7, 11) is 0. The van der Waals surface area contributed by atoms with Crippen molar-refractivity contribution in [2.24, 2.45) is 0 Å². The van der Waals surface area contributed by atoms with Crippen molar-refractivity contribution in [1.82, 2.24) is 15.2 Å². The molecule has 0 saturated heterocycles. The Morgan fingerprint density at radius 2 is 2.08 bits per heavy atom. The number of hydrogen-bond donors (Lipinski definition) is 2. The molecule has 0 spiro atoms. The fourth-order valence-electron chi connectivity index (χ4n) is 0.939. The van der Waals surface area contributed by atoms with Gasteiger partial charge in [0.2, 0.25) is 0 Å². The first kappa shape index (κ1) is 9.19. The fourth-order valence-corrected chi connectivity index (χ4v) is 0.939. The lowest BCUT2D eigenvalue weighted by atomic mass is 10.2. The lowest BCUT2D eigenvalue weighted by molar-refractivity contribution is 0.193. The molecule has 4 nitrogen and oxygen atoms in total. The lowest BCUT2D eigenvalue weighted by Gasteiger charge is -1.98. The van der Waals surface area contributed by atoms with Crippen LogP contribution in [0.2, 0.25) is 0 Å². The van der Waals surface area contributed by atoms with Crippen molar-refractivity contribution in [2.75, 3.05) is 0 Å². The van der Waals surface area contributed by atoms with E-state index in [1.807, 2.05) is 13.8 Å². The molecule has 0 saturated carbocycles. The van der Waals surface area contributed by atoms with E-state index in [2.05, 4.69) is 15.2 Å². The molecule has 12 heavy (non-hydrogen) atoms. The SMILES string of the molecule is CC(O)Cc1nc(C(C)C)n[nH]1. The Morgan fingerprint density at radius 1 is 1.42 bits per heavy atom. The Kier molecular flexibility index (Phi) is 2.81. The van der Waals surface area contributed by atoms with Crippen molar-refractivity contribution in [3.8, 4) is 0 Å². The monoisotopic (exact) mass is 169 g/mol. The average Bonchev–Trinajstić information content (AvgIpc) is 2.34. The van der Waals surface area contributed by atoms with Crippen molar-refractivity contribution in [2.45, 2.75) is 39.2 Å². The van der Waals surface area contributed by atoms with Gasteiger partial charge >= 0.3 is 0 Å². The highest BCUT2D eigenvalue weighted by Crippen LogP contribution is 2.08. The molecule has 2 N–H and O–H groups in total. The number of aromatic nitrogens is 3. The van der Waals surface area contributed by atoms with Gasteiger partial charge in [0.15, 0.2) is 5.82 Å². The summed E-state index contributed by atoms with van der Waals surface area (Å²) in [5, 5.41) is 15.9. The van der Waals surface area contributed by atoms with Gasteiger partial charge < -0.3 is 5.11 Å². The van der Waals surface area contributed by atoms with E-state index in [0.717, 1.165) is 11.6 Å². The van der Waals surface area contributed by atoms with Crippen molar-refractivity contribution in [3.05, 3.63) is 11.6 Å². The van der Waals surface area contributed by atoms with Crippen molar-refractivity contribution < 1.29 is 5.11 Å². The number of aromatic amines is 1. The van der Waals surface area contributed by atoms with Crippen LogP contribution in [0, 0.1) is 0 Å². The van der Waals surface area contributed by atoms with Gasteiger partial charge in [0.25, 0.3) is 0 Å². The Labute approximate surface area is 72.0 Å². The molecule has 0 bridgehead atoms. The predicted molar refractivity (Wildman–Crippen MR) is 45.9 cm³/mol. The molecule has 0 aliphatic heterocycles. The van der Waals surface area contributed by atoms with E-state index >= 15 is 0 Å². The van der Waals surface area contributed by atoms with Gasteiger partial charge in [-0.1, -0.05) is 13.8 Å². The average molecular weight is 169 g/mol. The van der Waals surface area contributed by atoms with Crippen LogP contribution in [0.4, 0.5) is 0 Å². The van der Waals surface area contributed by atoms with Gasteiger partial charge in [-0.2, -0.15) is 5.10 Å². The zero-order valence-electron chi connectivity index (χ0n) is 7.70. The molecule has 0 radical (unpaired) electrons. The number of nitrogens with zero attached hydrogens (tertiary/aromatic N) is 2. The first-order valence-electron chi connectivity index (χ1n) is 4.19. The highest BCUT2D eigenvalue weighted by atomic mass is 16.3. The quantitative estimate of drug-likeness (QED) is 0.705. The smallest absolute Gasteiger partial charge is 0.153 e. The van der Waals surface area contributed by atoms with Gasteiger partial charge in [-0.3, -0.25) is 5.10 Å². The van der Waals surface area contributed by atoms with Gasteiger partial charge in [-0.15, -0.1) is 0 Å². The van der Waals surface area contributed by atoms with Crippen LogP contribution in [0.3, 0.4) is 0 Å². The summed E-state index contributed by atoms with van der Waals surface area (Å²) in [5.74, 6) is 1.91. The minimum absolute atomic E-state index is 0.337. The zero-order chi connectivity index (χ0) is 9.14. The van der Waals surface area contributed by atoms with Crippen LogP contribution in [0.1, 0.15) is 38.3 Å². The standard InChI is InChI=1S/C8H15N3O/c1-5(2)8-9-7(10-11-8)4-6(3)12/h5-6,12H,4H2,1-3H3,(H,9,10,11). The summed E-state index contributed by atoms with van der Waals surface area (Å²) in [5.41, 5.74) is 0. The van der Waals surface area contributed by atoms with Gasteiger partial charge in [-0.05, 0) is 6.92 Å². The maximum atomic E-state index is 9.07. The molecule has 4 heteroatoms. The highest BCUT2D eigenvalue weighted by Gasteiger charge is 2.07. The minimum Gasteiger partial charge on any atom is -0.393 e. The summed E-state index contributed by atoms with van der Waals surface area (Å²) >= 11 is 0. The second-order valence-electron chi connectivity index (χ2n) is 3.35. The van der Waals surface area contributed by atoms with E-state index in [-0.39, 0.29) is 6.10 Å². The topological polar surface area (TPSA) is 61.8 Å². The Morgan fingerprint density at radius 3 is 2.50 bits per heavy atom.